The van der Waals surface area contributed by atoms with E-state index in [2.05, 4.69) is 13.2 Å². The van der Waals surface area contributed by atoms with Crippen LogP contribution >= 0.6 is 11.8 Å². The Kier molecular flexibility index (Phi) is 9.58. The lowest BCUT2D eigenvalue weighted by atomic mass is 11.0. The van der Waals surface area contributed by atoms with Gasteiger partial charge in [-0.3, -0.25) is 0 Å². The molecular formula is C6H16O2S2. The van der Waals surface area contributed by atoms with E-state index in [9.17, 15) is 8.42 Å². The zero-order valence-corrected chi connectivity index (χ0v) is 8.68. The first-order valence-electron chi connectivity index (χ1n) is 3.14. The van der Waals surface area contributed by atoms with Crippen molar-refractivity contribution in [1.82, 2.24) is 0 Å². The summed E-state index contributed by atoms with van der Waals surface area (Å²) in [6.45, 7) is 3.76. The molecule has 10 heavy (non-hydrogen) atoms. The van der Waals surface area contributed by atoms with Crippen molar-refractivity contribution in [3.63, 3.8) is 0 Å². The summed E-state index contributed by atoms with van der Waals surface area (Å²) < 4.78 is 20.0. The van der Waals surface area contributed by atoms with Crippen LogP contribution in [0.3, 0.4) is 0 Å². The highest BCUT2D eigenvalue weighted by Crippen LogP contribution is 1.83. The van der Waals surface area contributed by atoms with Gasteiger partial charge in [-0.1, -0.05) is 13.8 Å². The molecule has 0 aliphatic carbocycles. The number of rotatable bonds is 2. The molecule has 4 heteroatoms. The monoisotopic (exact) mass is 184 g/mol. The first kappa shape index (κ1) is 12.9. The van der Waals surface area contributed by atoms with Crippen LogP contribution in [0, 0.1) is 0 Å². The van der Waals surface area contributed by atoms with Crippen LogP contribution in [-0.2, 0) is 9.84 Å². The summed E-state index contributed by atoms with van der Waals surface area (Å²) in [4.78, 5) is 0. The Morgan fingerprint density at radius 3 is 1.50 bits per heavy atom. The topological polar surface area (TPSA) is 34.1 Å². The molecule has 0 fully saturated rings. The highest BCUT2D eigenvalue weighted by molar-refractivity contribution is 7.98. The molecule has 0 saturated carbocycles. The van der Waals surface area contributed by atoms with E-state index < -0.39 is 9.84 Å². The second-order valence-corrected chi connectivity index (χ2v) is 5.38. The van der Waals surface area contributed by atoms with Crippen LogP contribution in [0.1, 0.15) is 13.8 Å². The van der Waals surface area contributed by atoms with Crippen molar-refractivity contribution in [3.8, 4) is 0 Å². The smallest absolute Gasteiger partial charge is 0.147 e. The third kappa shape index (κ3) is 23.9. The Hall–Kier alpha value is 0.300. The van der Waals surface area contributed by atoms with Crippen LogP contribution in [0.4, 0.5) is 0 Å². The fraction of sp³-hybridized carbons (Fsp3) is 1.00. The fourth-order valence-corrected chi connectivity index (χ4v) is 0. The second kappa shape index (κ2) is 7.41. The zero-order valence-electron chi connectivity index (χ0n) is 7.05. The Morgan fingerprint density at radius 2 is 1.50 bits per heavy atom. The normalized spacial score (nSPS) is 10.0. The van der Waals surface area contributed by atoms with Gasteiger partial charge >= 0.3 is 0 Å². The van der Waals surface area contributed by atoms with E-state index in [1.165, 1.54) is 12.0 Å². The molecule has 2 nitrogen and oxygen atoms in total. The lowest BCUT2D eigenvalue weighted by Gasteiger charge is -1.81. The highest BCUT2D eigenvalue weighted by Gasteiger charge is 1.90. The van der Waals surface area contributed by atoms with Crippen LogP contribution in [0.15, 0.2) is 0 Å². The summed E-state index contributed by atoms with van der Waals surface area (Å²) in [6.07, 6.45) is 3.31. The maximum atomic E-state index is 10.0. The molecule has 0 rings (SSSR count). The average molecular weight is 184 g/mol. The minimum atomic E-state index is -2.66. The third-order valence-corrected chi connectivity index (χ3v) is 2.44. The minimum absolute atomic E-state index is 0.243. The number of thioether (sulfide) groups is 1. The van der Waals surface area contributed by atoms with Crippen molar-refractivity contribution in [2.45, 2.75) is 13.8 Å². The highest BCUT2D eigenvalue weighted by atomic mass is 32.2. The first-order chi connectivity index (χ1) is 4.47. The van der Waals surface area contributed by atoms with Crippen molar-refractivity contribution in [2.24, 2.45) is 0 Å². The molecule has 0 aliphatic rings. The van der Waals surface area contributed by atoms with E-state index in [0.29, 0.717) is 0 Å². The molecule has 0 aromatic heterocycles. The van der Waals surface area contributed by atoms with Gasteiger partial charge in [0.2, 0.25) is 0 Å². The molecule has 0 aromatic rings. The molecule has 0 aliphatic heterocycles. The van der Waals surface area contributed by atoms with E-state index in [0.717, 1.165) is 0 Å². The largest absolute Gasteiger partial charge is 0.229 e. The predicted molar refractivity (Wildman–Crippen MR) is 49.4 cm³/mol. The van der Waals surface area contributed by atoms with Gasteiger partial charge in [-0.2, -0.15) is 11.8 Å². The second-order valence-electron chi connectivity index (χ2n) is 1.79. The van der Waals surface area contributed by atoms with Gasteiger partial charge in [0.05, 0.1) is 0 Å². The summed E-state index contributed by atoms with van der Waals surface area (Å²) >= 11 is 1.86. The van der Waals surface area contributed by atoms with Crippen LogP contribution in [-0.4, -0.2) is 32.4 Å². The van der Waals surface area contributed by atoms with Crippen molar-refractivity contribution < 1.29 is 8.42 Å². The molecule has 64 valence electrons. The van der Waals surface area contributed by atoms with Crippen molar-refractivity contribution >= 4 is 21.6 Å². The number of hydrogen-bond acceptors (Lipinski definition) is 3. The van der Waals surface area contributed by atoms with Gasteiger partial charge in [-0.25, -0.2) is 8.42 Å². The van der Waals surface area contributed by atoms with Crippen molar-refractivity contribution in [3.05, 3.63) is 0 Å². The molecule has 0 atom stereocenters. The fourth-order valence-electron chi connectivity index (χ4n) is 0. The summed E-state index contributed by atoms with van der Waals surface area (Å²) in [5.74, 6) is 1.48. The lowest BCUT2D eigenvalue weighted by Crippen LogP contribution is -1.96. The molecule has 0 heterocycles. The Balaban J connectivity index is 0. The standard InChI is InChI=1S/C3H8O2S.C3H8S/c1-3-6(2,4)5;1-3-4-2/h3H2,1-2H3;3H2,1-2H3. The van der Waals surface area contributed by atoms with Crippen molar-refractivity contribution in [2.75, 3.05) is 24.0 Å². The Morgan fingerprint density at radius 1 is 1.30 bits per heavy atom. The average Bonchev–Trinajstić information content (AvgIpc) is 1.87. The minimum Gasteiger partial charge on any atom is -0.229 e. The third-order valence-electron chi connectivity index (χ3n) is 0.813. The summed E-state index contributed by atoms with van der Waals surface area (Å²) in [6, 6.07) is 0. The maximum Gasteiger partial charge on any atom is 0.147 e. The first-order valence-corrected chi connectivity index (χ1v) is 6.60. The van der Waals surface area contributed by atoms with Gasteiger partial charge in [0, 0.05) is 12.0 Å². The van der Waals surface area contributed by atoms with E-state index >= 15 is 0 Å². The predicted octanol–water partition coefficient (Wildman–Crippen LogP) is 1.42. The SMILES string of the molecule is CCS(C)(=O)=O.CCSC. The molecule has 0 spiro atoms. The van der Waals surface area contributed by atoms with Crippen LogP contribution in [0.5, 0.6) is 0 Å². The molecule has 0 bridgehead atoms. The molecule has 0 radical (unpaired) electrons. The van der Waals surface area contributed by atoms with Gasteiger partial charge < -0.3 is 0 Å². The van der Waals surface area contributed by atoms with Gasteiger partial charge in [0.25, 0.3) is 0 Å². The van der Waals surface area contributed by atoms with Crippen LogP contribution in [0.25, 0.3) is 0 Å². The maximum absolute atomic E-state index is 10.0. The van der Waals surface area contributed by atoms with E-state index in [4.69, 9.17) is 0 Å². The molecule has 0 aromatic carbocycles. The van der Waals surface area contributed by atoms with Crippen molar-refractivity contribution in [1.29, 1.82) is 0 Å². The zero-order chi connectivity index (χ0) is 8.62. The quantitative estimate of drug-likeness (QED) is 0.651. The van der Waals surface area contributed by atoms with E-state index in [1.807, 2.05) is 11.8 Å². The molecule has 0 saturated heterocycles. The number of hydrogen-bond donors (Lipinski definition) is 0. The van der Waals surface area contributed by atoms with Gasteiger partial charge in [-0.05, 0) is 12.0 Å². The lowest BCUT2D eigenvalue weighted by molar-refractivity contribution is 0.603. The van der Waals surface area contributed by atoms with Crippen LogP contribution in [0.2, 0.25) is 0 Å². The van der Waals surface area contributed by atoms with Crippen LogP contribution < -0.4 is 0 Å². The van der Waals surface area contributed by atoms with E-state index in [1.54, 1.807) is 6.92 Å². The molecule has 0 N–H and O–H groups in total. The Bertz CT molecular complexity index is 136. The van der Waals surface area contributed by atoms with Gasteiger partial charge in [-0.15, -0.1) is 0 Å². The molecule has 0 amide bonds. The van der Waals surface area contributed by atoms with Gasteiger partial charge in [0.15, 0.2) is 0 Å². The molecular weight excluding hydrogens is 168 g/mol. The molecule has 0 unspecified atom stereocenters. The Labute approximate surface area is 68.3 Å². The van der Waals surface area contributed by atoms with Gasteiger partial charge in [0.1, 0.15) is 9.84 Å². The summed E-state index contributed by atoms with van der Waals surface area (Å²) in [5, 5.41) is 0. The number of sulfone groups is 1. The summed E-state index contributed by atoms with van der Waals surface area (Å²) in [7, 11) is -2.66. The van der Waals surface area contributed by atoms with E-state index in [-0.39, 0.29) is 5.75 Å². The summed E-state index contributed by atoms with van der Waals surface area (Å²) in [5.41, 5.74) is 0.